The van der Waals surface area contributed by atoms with Crippen LogP contribution in [0.1, 0.15) is 118 Å². The number of benzene rings is 1. The quantitative estimate of drug-likeness (QED) is 0.150. The standard InChI is InChI=1S/C52H88FN5O14/c1-16-40-52(10,64)45(60)33(6)57(12)27-29(2)24-50(8,63)47(31(4)43(32(5)48(62)70-40)71-41-25-51(9,67-15)46(61)34(7)69-41)72-49-42(59)38(23-30(3)68-49)56(11)22-21-36-28-58(55-54-36)39(26-53)44(66-14)35-17-19-37(65-13)20-18-35/h17-20,28-34,38-47,49,59-61,63-64H,16,21-27H2,1-15H3/t29-,30-,31+,32-,33-,34+,38+,39-,40-,41+,42-,43+,44-,45-,46+,47-,49+,50-,51-,52-/m1/s1. The number of cyclic esters (lactones) is 1. The van der Waals surface area contributed by atoms with Gasteiger partial charge in [0.15, 0.2) is 12.6 Å². The maximum atomic E-state index is 14.7. The van der Waals surface area contributed by atoms with Gasteiger partial charge in [-0.25, -0.2) is 9.07 Å². The van der Waals surface area contributed by atoms with E-state index >= 15 is 0 Å². The van der Waals surface area contributed by atoms with E-state index < -0.39 is 127 Å². The fourth-order valence-electron chi connectivity index (χ4n) is 11.3. The first-order valence-electron chi connectivity index (χ1n) is 25.7. The Balaban J connectivity index is 1.45. The molecule has 5 rings (SSSR count). The van der Waals surface area contributed by atoms with Gasteiger partial charge >= 0.3 is 5.97 Å². The second kappa shape index (κ2) is 25.3. The lowest BCUT2D eigenvalue weighted by molar-refractivity contribution is -0.318. The highest BCUT2D eigenvalue weighted by Gasteiger charge is 2.53. The highest BCUT2D eigenvalue weighted by molar-refractivity contribution is 5.73. The molecule has 2 aromatic rings. The molecule has 20 atom stereocenters. The smallest absolute Gasteiger partial charge is 0.311 e. The summed E-state index contributed by atoms with van der Waals surface area (Å²) in [5.74, 6) is -2.20. The molecular formula is C52H88FN5O14. The first kappa shape index (κ1) is 59.9. The van der Waals surface area contributed by atoms with Crippen molar-refractivity contribution in [1.82, 2.24) is 24.8 Å². The van der Waals surface area contributed by atoms with Crippen LogP contribution in [0.15, 0.2) is 30.5 Å². The van der Waals surface area contributed by atoms with Crippen molar-refractivity contribution in [3.63, 3.8) is 0 Å². The van der Waals surface area contributed by atoms with E-state index in [1.165, 1.54) is 25.8 Å². The highest BCUT2D eigenvalue weighted by atomic mass is 19.1. The third-order valence-electron chi connectivity index (χ3n) is 15.9. The van der Waals surface area contributed by atoms with Gasteiger partial charge in [-0.2, -0.15) is 0 Å². The monoisotopic (exact) mass is 1030 g/mol. The molecule has 4 heterocycles. The average molecular weight is 1030 g/mol. The van der Waals surface area contributed by atoms with Gasteiger partial charge in [-0.15, -0.1) is 5.10 Å². The van der Waals surface area contributed by atoms with Crippen LogP contribution in [0.4, 0.5) is 4.39 Å². The van der Waals surface area contributed by atoms with Crippen LogP contribution in [0.2, 0.25) is 0 Å². The predicted molar refractivity (Wildman–Crippen MR) is 265 cm³/mol. The van der Waals surface area contributed by atoms with Crippen molar-refractivity contribution >= 4 is 5.97 Å². The Bertz CT molecular complexity index is 1980. The zero-order chi connectivity index (χ0) is 53.6. The van der Waals surface area contributed by atoms with Crippen molar-refractivity contribution in [2.75, 3.05) is 55.2 Å². The number of aliphatic hydroxyl groups is 5. The van der Waals surface area contributed by atoms with Crippen LogP contribution in [0.5, 0.6) is 5.75 Å². The van der Waals surface area contributed by atoms with E-state index in [-0.39, 0.29) is 25.2 Å². The molecule has 0 aliphatic carbocycles. The Hall–Kier alpha value is -2.96. The molecule has 0 bridgehead atoms. The Kier molecular flexibility index (Phi) is 21.0. The van der Waals surface area contributed by atoms with Crippen molar-refractivity contribution in [2.45, 2.75) is 204 Å². The zero-order valence-corrected chi connectivity index (χ0v) is 45.4. The van der Waals surface area contributed by atoms with Gasteiger partial charge in [0.25, 0.3) is 0 Å². The number of hydrogen-bond acceptors (Lipinski definition) is 18. The number of hydrogen-bond donors (Lipinski definition) is 5. The number of ether oxygens (including phenoxy) is 8. The normalized spacial score (nSPS) is 40.0. The lowest BCUT2D eigenvalue weighted by Crippen LogP contribution is -2.61. The summed E-state index contributed by atoms with van der Waals surface area (Å²) >= 11 is 0. The largest absolute Gasteiger partial charge is 0.497 e. The Morgan fingerprint density at radius 2 is 1.62 bits per heavy atom. The molecule has 0 saturated carbocycles. The van der Waals surface area contributed by atoms with Crippen molar-refractivity contribution < 1.29 is 72.6 Å². The number of aliphatic hydroxyl groups excluding tert-OH is 3. The Morgan fingerprint density at radius 1 is 0.958 bits per heavy atom. The Morgan fingerprint density at radius 3 is 2.22 bits per heavy atom. The summed E-state index contributed by atoms with van der Waals surface area (Å²) in [6.45, 7) is 17.5. The molecular weight excluding hydrogens is 938 g/mol. The second-order valence-electron chi connectivity index (χ2n) is 21.8. The number of halogens is 1. The van der Waals surface area contributed by atoms with E-state index in [1.54, 1.807) is 73.9 Å². The number of alkyl halides is 1. The minimum atomic E-state index is -1.85. The fourth-order valence-corrected chi connectivity index (χ4v) is 11.3. The molecule has 3 aliphatic rings. The van der Waals surface area contributed by atoms with Crippen molar-refractivity contribution in [3.8, 4) is 5.75 Å². The number of aromatic nitrogens is 3. The summed E-state index contributed by atoms with van der Waals surface area (Å²) < 4.78 is 65.5. The van der Waals surface area contributed by atoms with Crippen LogP contribution in [-0.2, 0) is 44.4 Å². The molecule has 0 amide bonds. The first-order chi connectivity index (χ1) is 33.8. The van der Waals surface area contributed by atoms with Crippen LogP contribution in [0, 0.1) is 17.8 Å². The van der Waals surface area contributed by atoms with Crippen LogP contribution in [0.25, 0.3) is 0 Å². The van der Waals surface area contributed by atoms with Gasteiger partial charge in [0.05, 0.1) is 54.3 Å². The zero-order valence-electron chi connectivity index (χ0n) is 45.4. The summed E-state index contributed by atoms with van der Waals surface area (Å²) in [6, 6.07) is 5.37. The van der Waals surface area contributed by atoms with E-state index in [0.29, 0.717) is 37.4 Å². The fraction of sp³-hybridized carbons (Fsp3) is 0.827. The van der Waals surface area contributed by atoms with Crippen molar-refractivity contribution in [1.29, 1.82) is 0 Å². The molecule has 3 saturated heterocycles. The van der Waals surface area contributed by atoms with E-state index in [1.807, 2.05) is 49.9 Å². The van der Waals surface area contributed by atoms with Gasteiger partial charge in [-0.1, -0.05) is 38.1 Å². The number of rotatable bonds is 16. The highest BCUT2D eigenvalue weighted by Crippen LogP contribution is 2.41. The van der Waals surface area contributed by atoms with Gasteiger partial charge < -0.3 is 73.2 Å². The topological polar surface area (TPSA) is 229 Å². The van der Waals surface area contributed by atoms with Crippen LogP contribution in [0.3, 0.4) is 0 Å². The SMILES string of the molecule is CC[C@H]1OC(=O)[C@H](C)[C@@H](O[C@H]2C[C@@](C)(OC)[C@@H](O)[C@H](C)O2)[C@H](C)[C@@H](O[C@@H]2O[C@H](C)C[C@H](N(C)CCc3cn([C@H](CF)[C@H](OC)c4ccc(OC)cc4)nn3)[C@H]2O)[C@](C)(O)C[C@@H](C)CN(C)[C@H](C)[C@@H](O)[C@]1(C)O. The molecule has 19 nitrogen and oxygen atoms in total. The molecule has 412 valence electrons. The maximum Gasteiger partial charge on any atom is 0.311 e. The molecule has 0 unspecified atom stereocenters. The maximum absolute atomic E-state index is 14.7. The van der Waals surface area contributed by atoms with Gasteiger partial charge in [-0.3, -0.25) is 4.79 Å². The van der Waals surface area contributed by atoms with E-state index in [2.05, 4.69) is 10.3 Å². The summed E-state index contributed by atoms with van der Waals surface area (Å²) in [5, 5.41) is 68.4. The van der Waals surface area contributed by atoms with Gasteiger partial charge in [-0.05, 0) is 105 Å². The molecule has 0 spiro atoms. The van der Waals surface area contributed by atoms with Crippen molar-refractivity contribution in [3.05, 3.63) is 41.7 Å². The predicted octanol–water partition coefficient (Wildman–Crippen LogP) is 4.01. The molecule has 5 N–H and O–H groups in total. The number of methoxy groups -OCH3 is 3. The van der Waals surface area contributed by atoms with Gasteiger partial charge in [0, 0.05) is 64.3 Å². The third-order valence-corrected chi connectivity index (χ3v) is 15.9. The lowest BCUT2D eigenvalue weighted by atomic mass is 9.77. The Labute approximate surface area is 426 Å². The van der Waals surface area contributed by atoms with Gasteiger partial charge in [0.1, 0.15) is 54.6 Å². The molecule has 3 fully saturated rings. The molecule has 3 aliphatic heterocycles. The molecule has 1 aromatic carbocycles. The second-order valence-corrected chi connectivity index (χ2v) is 21.8. The molecule has 20 heteroatoms. The number of nitrogens with zero attached hydrogens (tertiary/aromatic N) is 5. The van der Waals surface area contributed by atoms with Crippen molar-refractivity contribution in [2.24, 2.45) is 17.8 Å². The number of esters is 1. The summed E-state index contributed by atoms with van der Waals surface area (Å²) in [7, 11) is 8.30. The summed E-state index contributed by atoms with van der Waals surface area (Å²) in [5.41, 5.74) is -3.22. The van der Waals surface area contributed by atoms with E-state index in [0.717, 1.165) is 5.56 Å². The van der Waals surface area contributed by atoms with E-state index in [4.69, 9.17) is 37.9 Å². The summed E-state index contributed by atoms with van der Waals surface area (Å²) in [4.78, 5) is 18.4. The van der Waals surface area contributed by atoms with Crippen LogP contribution >= 0.6 is 0 Å². The van der Waals surface area contributed by atoms with Crippen LogP contribution in [-0.4, -0.2) is 202 Å². The minimum Gasteiger partial charge on any atom is -0.497 e. The third kappa shape index (κ3) is 13.7. The lowest BCUT2D eigenvalue weighted by Gasteiger charge is -2.49. The number of likely N-dealkylation sites (N-methyl/N-ethyl adjacent to an activating group) is 2. The van der Waals surface area contributed by atoms with E-state index in [9.17, 15) is 34.7 Å². The molecule has 0 radical (unpaired) electrons. The minimum absolute atomic E-state index is 0.0851. The molecule has 1 aromatic heterocycles. The average Bonchev–Trinajstić information content (AvgIpc) is 3.81. The first-order valence-corrected chi connectivity index (χ1v) is 25.7. The summed E-state index contributed by atoms with van der Waals surface area (Å²) in [6.07, 6.45) is -7.96. The molecule has 72 heavy (non-hydrogen) atoms. The number of carbonyl (C=O) groups excluding carboxylic acids is 1. The van der Waals surface area contributed by atoms with Gasteiger partial charge in [0.2, 0.25) is 0 Å². The number of carbonyl (C=O) groups is 1. The van der Waals surface area contributed by atoms with Crippen LogP contribution < -0.4 is 4.74 Å².